The number of thioether (sulfide) groups is 1. The molecular weight excluding hydrogens is 266 g/mol. The number of hydrogen-bond donors (Lipinski definition) is 1. The molecular formula is C9H12BrNS2. The molecule has 1 unspecified atom stereocenters. The van der Waals surface area contributed by atoms with Crippen LogP contribution >= 0.6 is 39.0 Å². The van der Waals surface area contributed by atoms with Crippen LogP contribution in [0.1, 0.15) is 24.1 Å². The third kappa shape index (κ3) is 2.12. The molecule has 0 aromatic carbocycles. The van der Waals surface area contributed by atoms with Crippen LogP contribution in [0.25, 0.3) is 0 Å². The van der Waals surface area contributed by atoms with E-state index in [-0.39, 0.29) is 5.54 Å². The molecule has 1 N–H and O–H groups in total. The van der Waals surface area contributed by atoms with Gasteiger partial charge in [-0.25, -0.2) is 0 Å². The first kappa shape index (κ1) is 10.0. The van der Waals surface area contributed by atoms with Crippen LogP contribution in [-0.4, -0.2) is 11.3 Å². The molecule has 4 heteroatoms. The maximum atomic E-state index is 3.62. The first-order valence-electron chi connectivity index (χ1n) is 4.21. The average Bonchev–Trinajstić information content (AvgIpc) is 2.56. The minimum Gasteiger partial charge on any atom is -0.295 e. The van der Waals surface area contributed by atoms with Crippen LogP contribution in [-0.2, 0) is 0 Å². The maximum Gasteiger partial charge on any atom is 0.0899 e. The molecule has 0 bridgehead atoms. The summed E-state index contributed by atoms with van der Waals surface area (Å²) >= 11 is 7.38. The summed E-state index contributed by atoms with van der Waals surface area (Å²) in [5, 5.41) is 6.22. The maximum absolute atomic E-state index is 3.62. The quantitative estimate of drug-likeness (QED) is 0.842. The molecule has 1 aromatic rings. The van der Waals surface area contributed by atoms with Crippen molar-refractivity contribution < 1.29 is 0 Å². The number of rotatable bonds is 1. The van der Waals surface area contributed by atoms with Gasteiger partial charge in [0.1, 0.15) is 0 Å². The number of hydrogen-bond acceptors (Lipinski definition) is 3. The number of thiophene rings is 1. The predicted octanol–water partition coefficient (Wildman–Crippen LogP) is 3.62. The Bertz CT molecular complexity index is 308. The monoisotopic (exact) mass is 277 g/mol. The molecule has 1 aromatic heterocycles. The molecule has 0 aliphatic carbocycles. The van der Waals surface area contributed by atoms with Crippen molar-refractivity contribution in [2.24, 2.45) is 0 Å². The second-order valence-electron chi connectivity index (χ2n) is 3.85. The van der Waals surface area contributed by atoms with Gasteiger partial charge in [0.05, 0.1) is 5.37 Å². The van der Waals surface area contributed by atoms with Gasteiger partial charge in [0.25, 0.3) is 0 Å². The van der Waals surface area contributed by atoms with Crippen LogP contribution in [0.5, 0.6) is 0 Å². The number of halogens is 1. The van der Waals surface area contributed by atoms with Crippen LogP contribution in [0, 0.1) is 0 Å². The first-order chi connectivity index (χ1) is 6.08. The van der Waals surface area contributed by atoms with Gasteiger partial charge >= 0.3 is 0 Å². The van der Waals surface area contributed by atoms with E-state index in [1.54, 1.807) is 0 Å². The van der Waals surface area contributed by atoms with Crippen molar-refractivity contribution in [1.82, 2.24) is 5.32 Å². The zero-order valence-electron chi connectivity index (χ0n) is 7.63. The summed E-state index contributed by atoms with van der Waals surface area (Å²) in [5.74, 6) is 1.18. The van der Waals surface area contributed by atoms with E-state index in [1.165, 1.54) is 15.1 Å². The fraction of sp³-hybridized carbons (Fsp3) is 0.556. The highest BCUT2D eigenvalue weighted by Gasteiger charge is 2.32. The summed E-state index contributed by atoms with van der Waals surface area (Å²) in [4.78, 5) is 1.41. The highest BCUT2D eigenvalue weighted by Crippen LogP contribution is 2.42. The van der Waals surface area contributed by atoms with Gasteiger partial charge in [0.15, 0.2) is 0 Å². The predicted molar refractivity (Wildman–Crippen MR) is 64.4 cm³/mol. The molecule has 2 rings (SSSR count). The molecule has 0 radical (unpaired) electrons. The van der Waals surface area contributed by atoms with E-state index in [9.17, 15) is 0 Å². The Balaban J connectivity index is 2.17. The molecule has 1 fully saturated rings. The van der Waals surface area contributed by atoms with Gasteiger partial charge in [0, 0.05) is 20.6 Å². The van der Waals surface area contributed by atoms with Crippen LogP contribution in [0.15, 0.2) is 15.9 Å². The van der Waals surface area contributed by atoms with E-state index < -0.39 is 0 Å². The summed E-state index contributed by atoms with van der Waals surface area (Å²) in [5.41, 5.74) is 0.277. The van der Waals surface area contributed by atoms with Gasteiger partial charge in [-0.05, 0) is 41.2 Å². The minimum atomic E-state index is 0.277. The largest absolute Gasteiger partial charge is 0.295 e. The van der Waals surface area contributed by atoms with E-state index >= 15 is 0 Å². The number of nitrogens with one attached hydrogen (secondary N) is 1. The molecule has 1 atom stereocenters. The van der Waals surface area contributed by atoms with E-state index in [2.05, 4.69) is 46.5 Å². The molecule has 1 saturated heterocycles. The first-order valence-corrected chi connectivity index (χ1v) is 6.93. The van der Waals surface area contributed by atoms with Gasteiger partial charge in [-0.2, -0.15) is 0 Å². The van der Waals surface area contributed by atoms with Crippen molar-refractivity contribution in [3.8, 4) is 0 Å². The van der Waals surface area contributed by atoms with Crippen molar-refractivity contribution >= 4 is 39.0 Å². The van der Waals surface area contributed by atoms with Crippen LogP contribution in [0.2, 0.25) is 0 Å². The standard InChI is InChI=1S/C9H12BrNS2/c1-9(2)5-13-8(11-9)7-6(10)3-4-12-7/h3-4,8,11H,5H2,1-2H3. The molecule has 72 valence electrons. The fourth-order valence-corrected chi connectivity index (χ4v) is 4.76. The molecule has 0 spiro atoms. The summed E-state index contributed by atoms with van der Waals surface area (Å²) in [6.45, 7) is 4.50. The van der Waals surface area contributed by atoms with Crippen LogP contribution < -0.4 is 5.32 Å². The van der Waals surface area contributed by atoms with Crippen molar-refractivity contribution in [2.45, 2.75) is 24.8 Å². The van der Waals surface area contributed by atoms with Gasteiger partial charge in [-0.15, -0.1) is 23.1 Å². The zero-order valence-corrected chi connectivity index (χ0v) is 10.9. The third-order valence-corrected chi connectivity index (χ3v) is 5.68. The molecule has 1 aliphatic rings. The second-order valence-corrected chi connectivity index (χ2v) is 6.75. The highest BCUT2D eigenvalue weighted by atomic mass is 79.9. The molecule has 0 amide bonds. The molecule has 0 saturated carbocycles. The lowest BCUT2D eigenvalue weighted by Gasteiger charge is -2.18. The molecule has 13 heavy (non-hydrogen) atoms. The van der Waals surface area contributed by atoms with Crippen molar-refractivity contribution in [3.63, 3.8) is 0 Å². The van der Waals surface area contributed by atoms with Crippen molar-refractivity contribution in [3.05, 3.63) is 20.8 Å². The Hall–Kier alpha value is 0.490. The lowest BCUT2D eigenvalue weighted by Crippen LogP contribution is -2.35. The highest BCUT2D eigenvalue weighted by molar-refractivity contribution is 9.10. The summed E-state index contributed by atoms with van der Waals surface area (Å²) < 4.78 is 1.24. The van der Waals surface area contributed by atoms with Gasteiger partial charge in [-0.1, -0.05) is 0 Å². The molecule has 2 heterocycles. The van der Waals surface area contributed by atoms with E-state index in [4.69, 9.17) is 0 Å². The third-order valence-electron chi connectivity index (χ3n) is 2.02. The Morgan fingerprint density at radius 3 is 2.85 bits per heavy atom. The average molecular weight is 278 g/mol. The van der Waals surface area contributed by atoms with Crippen molar-refractivity contribution in [1.29, 1.82) is 0 Å². The molecule has 1 nitrogen and oxygen atoms in total. The Labute approximate surface area is 95.4 Å². The summed E-state index contributed by atoms with van der Waals surface area (Å²) in [6.07, 6.45) is 0. The Morgan fingerprint density at radius 2 is 2.38 bits per heavy atom. The van der Waals surface area contributed by atoms with E-state index in [0.717, 1.165) is 0 Å². The SMILES string of the molecule is CC1(C)CSC(c2sccc2Br)N1. The lowest BCUT2D eigenvalue weighted by atomic mass is 10.1. The zero-order chi connectivity index (χ0) is 9.47. The molecule has 1 aliphatic heterocycles. The fourth-order valence-electron chi connectivity index (χ4n) is 1.36. The van der Waals surface area contributed by atoms with Crippen molar-refractivity contribution in [2.75, 3.05) is 5.75 Å². The minimum absolute atomic E-state index is 0.277. The Morgan fingerprint density at radius 1 is 1.62 bits per heavy atom. The van der Waals surface area contributed by atoms with Crippen LogP contribution in [0.4, 0.5) is 0 Å². The van der Waals surface area contributed by atoms with Gasteiger partial charge in [0.2, 0.25) is 0 Å². The summed E-state index contributed by atoms with van der Waals surface area (Å²) in [7, 11) is 0. The normalized spacial score (nSPS) is 26.5. The smallest absolute Gasteiger partial charge is 0.0899 e. The second kappa shape index (κ2) is 3.57. The summed E-state index contributed by atoms with van der Waals surface area (Å²) in [6, 6.07) is 2.12. The van der Waals surface area contributed by atoms with E-state index in [0.29, 0.717) is 5.37 Å². The lowest BCUT2D eigenvalue weighted by molar-refractivity contribution is 0.453. The topological polar surface area (TPSA) is 12.0 Å². The van der Waals surface area contributed by atoms with Crippen LogP contribution in [0.3, 0.4) is 0 Å². The Kier molecular flexibility index (Phi) is 2.75. The van der Waals surface area contributed by atoms with Gasteiger partial charge in [-0.3, -0.25) is 5.32 Å². The van der Waals surface area contributed by atoms with Gasteiger partial charge < -0.3 is 0 Å². The van der Waals surface area contributed by atoms with E-state index in [1.807, 2.05) is 23.1 Å².